The van der Waals surface area contributed by atoms with E-state index in [4.69, 9.17) is 16.3 Å². The topological polar surface area (TPSA) is 45.7 Å². The van der Waals surface area contributed by atoms with E-state index < -0.39 is 6.10 Å². The van der Waals surface area contributed by atoms with Gasteiger partial charge in [-0.2, -0.15) is 0 Å². The van der Waals surface area contributed by atoms with Crippen LogP contribution in [0.25, 0.3) is 10.9 Å². The van der Waals surface area contributed by atoms with E-state index in [0.717, 1.165) is 34.6 Å². The van der Waals surface area contributed by atoms with Gasteiger partial charge in [-0.1, -0.05) is 61.8 Å². The number of para-hydroxylation sites is 1. The lowest BCUT2D eigenvalue weighted by molar-refractivity contribution is -0.151. The van der Waals surface area contributed by atoms with E-state index in [1.165, 1.54) is 5.56 Å². The number of hydrogen-bond acceptors (Lipinski definition) is 4. The first-order valence-corrected chi connectivity index (χ1v) is 11.6. The number of rotatable bonds is 7. The van der Waals surface area contributed by atoms with Crippen LogP contribution in [0.4, 0.5) is 0 Å². The van der Waals surface area contributed by atoms with Crippen molar-refractivity contribution in [2.24, 2.45) is 5.92 Å². The molecule has 5 nitrogen and oxygen atoms in total. The number of ether oxygens (including phenoxy) is 1. The number of morpholine rings is 1. The molecule has 0 radical (unpaired) electrons. The number of pyridine rings is 1. The van der Waals surface area contributed by atoms with Crippen LogP contribution in [0.15, 0.2) is 60.8 Å². The Labute approximate surface area is 194 Å². The Morgan fingerprint density at radius 2 is 1.97 bits per heavy atom. The molecule has 1 aromatic heterocycles. The fraction of sp³-hybridized carbons (Fsp3) is 0.385. The Morgan fingerprint density at radius 3 is 2.75 bits per heavy atom. The minimum atomic E-state index is -0.460. The van der Waals surface area contributed by atoms with Crippen LogP contribution in [-0.2, 0) is 22.6 Å². The van der Waals surface area contributed by atoms with E-state index in [-0.39, 0.29) is 5.91 Å². The number of nitrogens with zero attached hydrogens (tertiary/aromatic N) is 3. The van der Waals surface area contributed by atoms with Crippen molar-refractivity contribution in [3.05, 3.63) is 76.9 Å². The first-order chi connectivity index (χ1) is 15.5. The molecule has 2 heterocycles. The third kappa shape index (κ3) is 5.66. The molecule has 4 rings (SSSR count). The lowest BCUT2D eigenvalue weighted by Crippen LogP contribution is -2.51. The van der Waals surface area contributed by atoms with E-state index in [0.29, 0.717) is 32.2 Å². The molecule has 0 saturated carbocycles. The summed E-state index contributed by atoms with van der Waals surface area (Å²) in [4.78, 5) is 22.3. The summed E-state index contributed by atoms with van der Waals surface area (Å²) in [5.41, 5.74) is 3.19. The van der Waals surface area contributed by atoms with Gasteiger partial charge in [0.2, 0.25) is 0 Å². The average molecular weight is 452 g/mol. The predicted octanol–water partition coefficient (Wildman–Crippen LogP) is 4.77. The van der Waals surface area contributed by atoms with E-state index in [2.05, 4.69) is 41.9 Å². The molecule has 0 unspecified atom stereocenters. The van der Waals surface area contributed by atoms with Gasteiger partial charge in [0.25, 0.3) is 5.91 Å². The van der Waals surface area contributed by atoms with Gasteiger partial charge in [0.1, 0.15) is 6.10 Å². The first-order valence-electron chi connectivity index (χ1n) is 11.2. The molecule has 6 heteroatoms. The highest BCUT2D eigenvalue weighted by atomic mass is 35.5. The number of halogens is 1. The Kier molecular flexibility index (Phi) is 7.40. The van der Waals surface area contributed by atoms with Crippen LogP contribution in [0, 0.1) is 5.92 Å². The zero-order valence-corrected chi connectivity index (χ0v) is 19.5. The Morgan fingerprint density at radius 1 is 1.19 bits per heavy atom. The first kappa shape index (κ1) is 22.7. The quantitative estimate of drug-likeness (QED) is 0.519. The summed E-state index contributed by atoms with van der Waals surface area (Å²) < 4.78 is 5.94. The Balaban J connectivity index is 1.48. The lowest BCUT2D eigenvalue weighted by atomic mass is 10.1. The molecule has 0 N–H and O–H groups in total. The highest BCUT2D eigenvalue weighted by Crippen LogP contribution is 2.21. The summed E-state index contributed by atoms with van der Waals surface area (Å²) >= 11 is 6.01. The van der Waals surface area contributed by atoms with Crippen molar-refractivity contribution in [3.63, 3.8) is 0 Å². The molecule has 32 heavy (non-hydrogen) atoms. The molecule has 1 atom stereocenters. The number of carbonyl (C=O) groups excluding carboxylic acids is 1. The number of benzene rings is 2. The number of aromatic nitrogens is 1. The zero-order chi connectivity index (χ0) is 22.5. The van der Waals surface area contributed by atoms with Crippen LogP contribution >= 0.6 is 11.6 Å². The second-order valence-electron chi connectivity index (χ2n) is 8.83. The van der Waals surface area contributed by atoms with E-state index in [9.17, 15) is 4.79 Å². The van der Waals surface area contributed by atoms with Crippen LogP contribution in [0.2, 0.25) is 5.02 Å². The van der Waals surface area contributed by atoms with Gasteiger partial charge in [0, 0.05) is 49.3 Å². The van der Waals surface area contributed by atoms with Crippen LogP contribution in [0.3, 0.4) is 0 Å². The SMILES string of the molecule is CC(C)CN(Cc1cccc2cccnc12)C(=O)[C@H]1CN(Cc2ccc(Cl)cc2)CCO1. The van der Waals surface area contributed by atoms with Gasteiger partial charge < -0.3 is 9.64 Å². The molecule has 0 aliphatic carbocycles. The summed E-state index contributed by atoms with van der Waals surface area (Å²) in [5.74, 6) is 0.406. The van der Waals surface area contributed by atoms with E-state index >= 15 is 0 Å². The molecule has 168 valence electrons. The van der Waals surface area contributed by atoms with Gasteiger partial charge in [0.15, 0.2) is 0 Å². The number of carbonyl (C=O) groups is 1. The summed E-state index contributed by atoms with van der Waals surface area (Å²) in [7, 11) is 0. The molecule has 1 aliphatic rings. The molecule has 1 amide bonds. The normalized spacial score (nSPS) is 17.1. The third-order valence-electron chi connectivity index (χ3n) is 5.72. The fourth-order valence-electron chi connectivity index (χ4n) is 4.22. The van der Waals surface area contributed by atoms with E-state index in [1.807, 2.05) is 41.3 Å². The largest absolute Gasteiger partial charge is 0.366 e. The maximum atomic E-state index is 13.6. The molecule has 1 saturated heterocycles. The zero-order valence-electron chi connectivity index (χ0n) is 18.7. The van der Waals surface area contributed by atoms with Crippen LogP contribution < -0.4 is 0 Å². The Bertz CT molecular complexity index is 1050. The van der Waals surface area contributed by atoms with Crippen molar-refractivity contribution in [2.75, 3.05) is 26.2 Å². The van der Waals surface area contributed by atoms with Gasteiger partial charge >= 0.3 is 0 Å². The monoisotopic (exact) mass is 451 g/mol. The van der Waals surface area contributed by atoms with Gasteiger partial charge in [-0.3, -0.25) is 14.7 Å². The molecule has 3 aromatic rings. The van der Waals surface area contributed by atoms with Gasteiger partial charge in [-0.05, 0) is 35.2 Å². The van der Waals surface area contributed by atoms with Crippen molar-refractivity contribution in [3.8, 4) is 0 Å². The number of amides is 1. The summed E-state index contributed by atoms with van der Waals surface area (Å²) in [6, 6.07) is 18.0. The van der Waals surface area contributed by atoms with Crippen LogP contribution in [-0.4, -0.2) is 53.0 Å². The molecule has 0 spiro atoms. The van der Waals surface area contributed by atoms with Crippen molar-refractivity contribution >= 4 is 28.4 Å². The van der Waals surface area contributed by atoms with Gasteiger partial charge in [-0.25, -0.2) is 0 Å². The highest BCUT2D eigenvalue weighted by molar-refractivity contribution is 6.30. The number of hydrogen-bond donors (Lipinski definition) is 0. The van der Waals surface area contributed by atoms with E-state index in [1.54, 1.807) is 6.20 Å². The van der Waals surface area contributed by atoms with Crippen molar-refractivity contribution < 1.29 is 9.53 Å². The molecule has 2 aromatic carbocycles. The van der Waals surface area contributed by atoms with Gasteiger partial charge in [0.05, 0.1) is 12.1 Å². The summed E-state index contributed by atoms with van der Waals surface area (Å²) in [6.45, 7) is 8.21. The average Bonchev–Trinajstić information content (AvgIpc) is 2.80. The van der Waals surface area contributed by atoms with Crippen molar-refractivity contribution in [2.45, 2.75) is 33.0 Å². The number of fused-ring (bicyclic) bond motifs is 1. The second kappa shape index (κ2) is 10.4. The molecule has 0 bridgehead atoms. The third-order valence-corrected chi connectivity index (χ3v) is 5.97. The van der Waals surface area contributed by atoms with Gasteiger partial charge in [-0.15, -0.1) is 0 Å². The minimum Gasteiger partial charge on any atom is -0.366 e. The summed E-state index contributed by atoms with van der Waals surface area (Å²) in [6.07, 6.45) is 1.34. The highest BCUT2D eigenvalue weighted by Gasteiger charge is 2.31. The second-order valence-corrected chi connectivity index (χ2v) is 9.26. The van der Waals surface area contributed by atoms with Crippen LogP contribution in [0.1, 0.15) is 25.0 Å². The smallest absolute Gasteiger partial charge is 0.253 e. The predicted molar refractivity (Wildman–Crippen MR) is 128 cm³/mol. The summed E-state index contributed by atoms with van der Waals surface area (Å²) in [5, 5.41) is 1.82. The van der Waals surface area contributed by atoms with Crippen molar-refractivity contribution in [1.29, 1.82) is 0 Å². The standard InChI is InChI=1S/C26H30ClN3O2/c1-19(2)15-30(17-22-6-3-5-21-7-4-12-28-25(21)22)26(31)24-18-29(13-14-32-24)16-20-8-10-23(27)11-9-20/h3-12,19,24H,13-18H2,1-2H3/t24-/m1/s1. The maximum Gasteiger partial charge on any atom is 0.253 e. The fourth-order valence-corrected chi connectivity index (χ4v) is 4.35. The van der Waals surface area contributed by atoms with Crippen LogP contribution in [0.5, 0.6) is 0 Å². The molecule has 1 aliphatic heterocycles. The minimum absolute atomic E-state index is 0.0486. The molecular formula is C26H30ClN3O2. The maximum absolute atomic E-state index is 13.6. The Hall–Kier alpha value is -2.47. The van der Waals surface area contributed by atoms with Crippen molar-refractivity contribution in [1.82, 2.24) is 14.8 Å². The molecular weight excluding hydrogens is 422 g/mol. The lowest BCUT2D eigenvalue weighted by Gasteiger charge is -2.35. The molecule has 1 fully saturated rings.